The molecule has 248 valence electrons. The number of aliphatic hydroxyl groups is 1. The Labute approximate surface area is 286 Å². The highest BCUT2D eigenvalue weighted by atomic mass is 16.7. The van der Waals surface area contributed by atoms with Gasteiger partial charge in [-0.3, -0.25) is 0 Å². The van der Waals surface area contributed by atoms with Gasteiger partial charge in [-0.25, -0.2) is 9.78 Å². The number of ether oxygens (including phenoxy) is 2. The van der Waals surface area contributed by atoms with Crippen LogP contribution in [0.25, 0.3) is 22.2 Å². The standard InChI is InChI=1S/C41H40N4O4/c1-28-38(25-45-27-44-36-15-5-6-16-37(36)45)48-40(49-39(28)32-19-17-30(26-46)18-20-32)35-14-8-13-34(22-35)33-12-7-11-31(21-33)24-43-41(47)42-23-29-9-3-2-4-10-29/h2-22,27-28,38-40,46H,23-26H2,1H3,(H2,42,43,47). The SMILES string of the molecule is CC1C(Cn2cnc3ccccc32)OC(c2cccc(-c3cccc(CNC(=O)NCc4ccccc4)c3)c2)OC1c1ccc(CO)cc1. The monoisotopic (exact) mass is 652 g/mol. The van der Waals surface area contributed by atoms with Gasteiger partial charge in [-0.1, -0.05) is 110 Å². The highest BCUT2D eigenvalue weighted by Crippen LogP contribution is 2.43. The molecule has 49 heavy (non-hydrogen) atoms. The summed E-state index contributed by atoms with van der Waals surface area (Å²) in [6.45, 7) is 3.66. The van der Waals surface area contributed by atoms with Gasteiger partial charge in [0, 0.05) is 24.6 Å². The number of carbonyl (C=O) groups is 1. The van der Waals surface area contributed by atoms with Crippen LogP contribution < -0.4 is 10.6 Å². The molecule has 7 rings (SSSR count). The molecule has 1 saturated heterocycles. The number of fused-ring (bicyclic) bond motifs is 1. The summed E-state index contributed by atoms with van der Waals surface area (Å²) in [4.78, 5) is 17.1. The first kappa shape index (κ1) is 32.3. The molecular formula is C41H40N4O4. The third-order valence-corrected chi connectivity index (χ3v) is 9.20. The molecule has 8 nitrogen and oxygen atoms in total. The average molecular weight is 653 g/mol. The van der Waals surface area contributed by atoms with E-state index in [-0.39, 0.29) is 30.8 Å². The Bertz CT molecular complexity index is 2010. The number of urea groups is 1. The minimum Gasteiger partial charge on any atom is -0.392 e. The van der Waals surface area contributed by atoms with Crippen LogP contribution in [0.3, 0.4) is 0 Å². The summed E-state index contributed by atoms with van der Waals surface area (Å²) in [6, 6.07) is 42.2. The van der Waals surface area contributed by atoms with E-state index in [1.54, 1.807) is 0 Å². The molecule has 6 aromatic rings. The van der Waals surface area contributed by atoms with E-state index in [0.717, 1.165) is 50.0 Å². The number of nitrogens with one attached hydrogen (secondary N) is 2. The van der Waals surface area contributed by atoms with Gasteiger partial charge in [0.2, 0.25) is 0 Å². The van der Waals surface area contributed by atoms with Crippen LogP contribution in [0.1, 0.15) is 47.1 Å². The maximum Gasteiger partial charge on any atom is 0.315 e. The summed E-state index contributed by atoms with van der Waals surface area (Å²) in [5, 5.41) is 15.5. The maximum atomic E-state index is 12.5. The maximum absolute atomic E-state index is 12.5. The highest BCUT2D eigenvalue weighted by Gasteiger charge is 2.38. The first-order chi connectivity index (χ1) is 24.0. The van der Waals surface area contributed by atoms with Crippen LogP contribution in [0, 0.1) is 5.92 Å². The van der Waals surface area contributed by atoms with Gasteiger partial charge in [-0.15, -0.1) is 0 Å². The second-order valence-electron chi connectivity index (χ2n) is 12.6. The molecule has 2 amide bonds. The van der Waals surface area contributed by atoms with Crippen LogP contribution in [-0.2, 0) is 35.7 Å². The van der Waals surface area contributed by atoms with E-state index >= 15 is 0 Å². The smallest absolute Gasteiger partial charge is 0.315 e. The van der Waals surface area contributed by atoms with Crippen molar-refractivity contribution in [2.24, 2.45) is 5.92 Å². The molecule has 0 aliphatic carbocycles. The van der Waals surface area contributed by atoms with Gasteiger partial charge < -0.3 is 29.8 Å². The quantitative estimate of drug-likeness (QED) is 0.141. The Morgan fingerprint density at radius 2 is 1.43 bits per heavy atom. The summed E-state index contributed by atoms with van der Waals surface area (Å²) < 4.78 is 15.7. The fraction of sp³-hybridized carbons (Fsp3) is 0.220. The van der Waals surface area contributed by atoms with Crippen LogP contribution in [0.15, 0.2) is 134 Å². The Hall–Kier alpha value is -5.28. The van der Waals surface area contributed by atoms with Gasteiger partial charge in [0.15, 0.2) is 6.29 Å². The number of amides is 2. The van der Waals surface area contributed by atoms with Crippen LogP contribution in [0.5, 0.6) is 0 Å². The normalized spacial score (nSPS) is 19.1. The molecule has 2 heterocycles. The number of hydrogen-bond acceptors (Lipinski definition) is 5. The van der Waals surface area contributed by atoms with E-state index in [1.807, 2.05) is 103 Å². The molecule has 1 aliphatic heterocycles. The van der Waals surface area contributed by atoms with E-state index in [2.05, 4.69) is 57.4 Å². The average Bonchev–Trinajstić information content (AvgIpc) is 3.57. The van der Waals surface area contributed by atoms with E-state index in [1.165, 1.54) is 0 Å². The van der Waals surface area contributed by atoms with Crippen LogP contribution in [-0.4, -0.2) is 26.8 Å². The lowest BCUT2D eigenvalue weighted by Crippen LogP contribution is -2.39. The molecule has 0 radical (unpaired) electrons. The zero-order valence-electron chi connectivity index (χ0n) is 27.4. The minimum atomic E-state index is -0.600. The Morgan fingerprint density at radius 3 is 2.22 bits per heavy atom. The molecular weight excluding hydrogens is 612 g/mol. The lowest BCUT2D eigenvalue weighted by atomic mass is 9.90. The Morgan fingerprint density at radius 1 is 0.735 bits per heavy atom. The Kier molecular flexibility index (Phi) is 9.79. The zero-order chi connectivity index (χ0) is 33.6. The topological polar surface area (TPSA) is 97.6 Å². The number of aliphatic hydroxyl groups excluding tert-OH is 1. The van der Waals surface area contributed by atoms with Crippen molar-refractivity contribution >= 4 is 17.1 Å². The molecule has 1 fully saturated rings. The summed E-state index contributed by atoms with van der Waals surface area (Å²) >= 11 is 0. The van der Waals surface area contributed by atoms with Crippen molar-refractivity contribution < 1.29 is 19.4 Å². The van der Waals surface area contributed by atoms with Gasteiger partial charge in [-0.2, -0.15) is 0 Å². The molecule has 8 heteroatoms. The first-order valence-electron chi connectivity index (χ1n) is 16.7. The van der Waals surface area contributed by atoms with E-state index in [0.29, 0.717) is 19.6 Å². The van der Waals surface area contributed by atoms with Crippen molar-refractivity contribution in [1.29, 1.82) is 0 Å². The zero-order valence-corrected chi connectivity index (χ0v) is 27.4. The molecule has 0 spiro atoms. The van der Waals surface area contributed by atoms with Crippen LogP contribution in [0.2, 0.25) is 0 Å². The van der Waals surface area contributed by atoms with Gasteiger partial charge in [0.25, 0.3) is 0 Å². The van der Waals surface area contributed by atoms with Gasteiger partial charge in [-0.05, 0) is 57.6 Å². The number of nitrogens with zero attached hydrogens (tertiary/aromatic N) is 2. The largest absolute Gasteiger partial charge is 0.392 e. The third kappa shape index (κ3) is 7.57. The van der Waals surface area contributed by atoms with Gasteiger partial charge in [0.1, 0.15) is 0 Å². The molecule has 1 aliphatic rings. The second kappa shape index (κ2) is 14.9. The number of rotatable bonds is 10. The molecule has 4 atom stereocenters. The van der Waals surface area contributed by atoms with Crippen molar-refractivity contribution in [3.63, 3.8) is 0 Å². The van der Waals surface area contributed by atoms with E-state index in [4.69, 9.17) is 9.47 Å². The van der Waals surface area contributed by atoms with Crippen LogP contribution >= 0.6 is 0 Å². The van der Waals surface area contributed by atoms with Crippen molar-refractivity contribution in [3.05, 3.63) is 162 Å². The number of aromatic nitrogens is 2. The fourth-order valence-corrected chi connectivity index (χ4v) is 6.43. The molecule has 5 aromatic carbocycles. The van der Waals surface area contributed by atoms with Crippen LogP contribution in [0.4, 0.5) is 4.79 Å². The number of hydrogen-bond donors (Lipinski definition) is 3. The molecule has 3 N–H and O–H groups in total. The van der Waals surface area contributed by atoms with Crippen molar-refractivity contribution in [2.45, 2.75) is 51.7 Å². The second-order valence-corrected chi connectivity index (χ2v) is 12.6. The first-order valence-corrected chi connectivity index (χ1v) is 16.7. The van der Waals surface area contributed by atoms with Crippen molar-refractivity contribution in [1.82, 2.24) is 20.2 Å². The number of imidazole rings is 1. The predicted molar refractivity (Wildman–Crippen MR) is 190 cm³/mol. The lowest BCUT2D eigenvalue weighted by Gasteiger charge is -2.41. The third-order valence-electron chi connectivity index (χ3n) is 9.20. The van der Waals surface area contributed by atoms with E-state index in [9.17, 15) is 9.90 Å². The molecule has 4 unspecified atom stereocenters. The number of benzene rings is 5. The Balaban J connectivity index is 1.10. The van der Waals surface area contributed by atoms with E-state index < -0.39 is 6.29 Å². The number of para-hydroxylation sites is 2. The predicted octanol–water partition coefficient (Wildman–Crippen LogP) is 7.69. The summed E-state index contributed by atoms with van der Waals surface area (Å²) in [5.74, 6) is 0.0367. The van der Waals surface area contributed by atoms with Crippen molar-refractivity contribution in [3.8, 4) is 11.1 Å². The lowest BCUT2D eigenvalue weighted by molar-refractivity contribution is -0.276. The molecule has 0 saturated carbocycles. The fourth-order valence-electron chi connectivity index (χ4n) is 6.43. The summed E-state index contributed by atoms with van der Waals surface area (Å²) in [7, 11) is 0. The van der Waals surface area contributed by atoms with Crippen molar-refractivity contribution in [2.75, 3.05) is 0 Å². The minimum absolute atomic E-state index is 0.00503. The molecule has 0 bridgehead atoms. The summed E-state index contributed by atoms with van der Waals surface area (Å²) in [6.07, 6.45) is 0.894. The highest BCUT2D eigenvalue weighted by molar-refractivity contribution is 5.75. The number of carbonyl (C=O) groups excluding carboxylic acids is 1. The van der Waals surface area contributed by atoms with Gasteiger partial charge in [0.05, 0.1) is 42.7 Å². The molecule has 1 aromatic heterocycles. The summed E-state index contributed by atoms with van der Waals surface area (Å²) in [5.41, 5.74) is 8.95. The van der Waals surface area contributed by atoms with Gasteiger partial charge >= 0.3 is 6.03 Å².